The van der Waals surface area contributed by atoms with Crippen molar-refractivity contribution < 1.29 is 31.2 Å². The zero-order chi connectivity index (χ0) is 27.3. The number of hydrogen-bond donors (Lipinski definition) is 0. The van der Waals surface area contributed by atoms with Crippen LogP contribution in [0.5, 0.6) is 0 Å². The molecule has 0 aliphatic carbocycles. The fourth-order valence-corrected chi connectivity index (χ4v) is 3.64. The van der Waals surface area contributed by atoms with Crippen LogP contribution in [0.4, 0.5) is 32.4 Å². The lowest BCUT2D eigenvalue weighted by Crippen LogP contribution is -2.42. The average molecular weight is 546 g/mol. The second-order valence-electron chi connectivity index (χ2n) is 8.69. The number of nitrogens with zero attached hydrogens (tertiary/aromatic N) is 5. The van der Waals surface area contributed by atoms with Gasteiger partial charge in [-0.25, -0.2) is 13.6 Å². The predicted molar refractivity (Wildman–Crippen MR) is 128 cm³/mol. The molecule has 0 spiro atoms. The Morgan fingerprint density at radius 1 is 1.08 bits per heavy atom. The summed E-state index contributed by atoms with van der Waals surface area (Å²) in [6.07, 6.45) is -3.24. The number of urea groups is 1. The summed E-state index contributed by atoms with van der Waals surface area (Å²) in [7, 11) is 6.00. The van der Waals surface area contributed by atoms with Gasteiger partial charge in [-0.3, -0.25) is 4.90 Å². The largest absolute Gasteiger partial charge is 0.470 e. The van der Waals surface area contributed by atoms with Crippen molar-refractivity contribution in [3.05, 3.63) is 64.5 Å². The summed E-state index contributed by atoms with van der Waals surface area (Å²) in [6.45, 7) is 0.631. The first-order valence-electron chi connectivity index (χ1n) is 11.2. The molecule has 3 aromatic rings. The summed E-state index contributed by atoms with van der Waals surface area (Å²) in [5.74, 6) is -3.74. The Bertz CT molecular complexity index is 1230. The van der Waals surface area contributed by atoms with Gasteiger partial charge in [-0.05, 0) is 58.3 Å². The second-order valence-corrected chi connectivity index (χ2v) is 9.10. The smallest absolute Gasteiger partial charge is 0.413 e. The van der Waals surface area contributed by atoms with E-state index in [1.807, 2.05) is 26.0 Å². The highest BCUT2D eigenvalue weighted by Crippen LogP contribution is 2.32. The van der Waals surface area contributed by atoms with E-state index in [0.29, 0.717) is 13.1 Å². The van der Waals surface area contributed by atoms with Crippen LogP contribution in [0.25, 0.3) is 11.5 Å². The maximum atomic E-state index is 14.9. The Labute approximate surface area is 215 Å². The number of halogens is 6. The average Bonchev–Trinajstić information content (AvgIpc) is 3.52. The van der Waals surface area contributed by atoms with Crippen LogP contribution in [0, 0.1) is 11.6 Å². The second kappa shape index (κ2) is 11.9. The summed E-state index contributed by atoms with van der Waals surface area (Å²) in [5.41, 5.74) is -0.193. The van der Waals surface area contributed by atoms with Crippen LogP contribution in [0.3, 0.4) is 0 Å². The quantitative estimate of drug-likeness (QED) is 0.371. The Balaban J connectivity index is 0.000000886. The van der Waals surface area contributed by atoms with Crippen molar-refractivity contribution in [3.63, 3.8) is 0 Å². The van der Waals surface area contributed by atoms with Crippen molar-refractivity contribution in [1.29, 1.82) is 0 Å². The Kier molecular flexibility index (Phi) is 9.08. The van der Waals surface area contributed by atoms with Gasteiger partial charge in [-0.1, -0.05) is 23.7 Å². The first-order chi connectivity index (χ1) is 17.4. The molecule has 2 heterocycles. The summed E-state index contributed by atoms with van der Waals surface area (Å²) >= 11 is 5.88. The molecule has 13 heteroatoms. The predicted octanol–water partition coefficient (Wildman–Crippen LogP) is 6.09. The summed E-state index contributed by atoms with van der Waals surface area (Å²) in [5, 5.41) is 6.01. The van der Waals surface area contributed by atoms with Gasteiger partial charge in [-0.2, -0.15) is 13.2 Å². The van der Waals surface area contributed by atoms with Gasteiger partial charge in [0.1, 0.15) is 5.82 Å². The van der Waals surface area contributed by atoms with E-state index in [-0.39, 0.29) is 28.4 Å². The Hall–Kier alpha value is -3.25. The molecule has 0 saturated carbocycles. The minimum Gasteiger partial charge on any atom is -0.413 e. The van der Waals surface area contributed by atoms with Crippen molar-refractivity contribution in [2.24, 2.45) is 0 Å². The number of carbonyl (C=O) groups is 1. The molecule has 1 fully saturated rings. The lowest BCUT2D eigenvalue weighted by molar-refractivity contribution is -0.156. The van der Waals surface area contributed by atoms with Gasteiger partial charge in [0.15, 0.2) is 5.82 Å². The highest BCUT2D eigenvalue weighted by Gasteiger charge is 2.38. The number of aromatic nitrogens is 2. The third-order valence-electron chi connectivity index (χ3n) is 5.13. The molecule has 0 atom stereocenters. The maximum Gasteiger partial charge on any atom is 0.470 e. The van der Waals surface area contributed by atoms with Gasteiger partial charge in [0.25, 0.3) is 0 Å². The third-order valence-corrected chi connectivity index (χ3v) is 5.42. The zero-order valence-electron chi connectivity index (χ0n) is 20.3. The van der Waals surface area contributed by atoms with Gasteiger partial charge >= 0.3 is 18.1 Å². The normalized spacial score (nSPS) is 13.5. The number of alkyl halides is 3. The molecule has 1 saturated heterocycles. The van der Waals surface area contributed by atoms with Gasteiger partial charge in [0, 0.05) is 24.2 Å². The number of likely N-dealkylation sites (tertiary alicyclic amines) is 1. The summed E-state index contributed by atoms with van der Waals surface area (Å²) < 4.78 is 72.2. The molecule has 0 radical (unpaired) electrons. The van der Waals surface area contributed by atoms with Crippen molar-refractivity contribution in [2.75, 3.05) is 39.1 Å². The molecule has 0 N–H and O–H groups in total. The summed E-state index contributed by atoms with van der Waals surface area (Å²) in [6, 6.07) is 7.10. The van der Waals surface area contributed by atoms with Crippen LogP contribution < -0.4 is 4.90 Å². The summed E-state index contributed by atoms with van der Waals surface area (Å²) in [4.78, 5) is 17.7. The lowest BCUT2D eigenvalue weighted by atomic mass is 10.1. The first-order valence-corrected chi connectivity index (χ1v) is 11.6. The standard InChI is InChI=1S/C21H16ClF5N4O2.C3H9N/c22-14-4-3-5-16(17(14)24)31(20(32)30-8-1-2-9-30)11-13-7-6-12(10-15(13)23)18-28-29-19(33-18)21(25,26)27;1-4(2)3/h3-7,10H,1-2,8-9,11H2;1-3H3. The van der Waals surface area contributed by atoms with Gasteiger partial charge in [0.2, 0.25) is 5.89 Å². The van der Waals surface area contributed by atoms with Gasteiger partial charge in [-0.15, -0.1) is 10.2 Å². The minimum absolute atomic E-state index is 0.00114. The van der Waals surface area contributed by atoms with Crippen LogP contribution >= 0.6 is 11.6 Å². The number of hydrogen-bond acceptors (Lipinski definition) is 5. The van der Waals surface area contributed by atoms with Crippen LogP contribution in [0.2, 0.25) is 5.02 Å². The molecular weight excluding hydrogens is 521 g/mol. The maximum absolute atomic E-state index is 14.9. The van der Waals surface area contributed by atoms with E-state index >= 15 is 0 Å². The van der Waals surface area contributed by atoms with E-state index < -0.39 is 35.6 Å². The molecule has 2 amide bonds. The molecule has 1 aliphatic heterocycles. The number of amides is 2. The van der Waals surface area contributed by atoms with Crippen molar-refractivity contribution >= 4 is 23.3 Å². The number of carbonyl (C=O) groups excluding carboxylic acids is 1. The van der Waals surface area contributed by atoms with Crippen molar-refractivity contribution in [3.8, 4) is 11.5 Å². The monoisotopic (exact) mass is 545 g/mol. The molecule has 1 aliphatic rings. The van der Waals surface area contributed by atoms with Crippen LogP contribution in [-0.2, 0) is 12.7 Å². The Morgan fingerprint density at radius 3 is 2.30 bits per heavy atom. The van der Waals surface area contributed by atoms with Crippen LogP contribution in [0.1, 0.15) is 24.3 Å². The molecule has 4 rings (SSSR count). The van der Waals surface area contributed by atoms with E-state index in [0.717, 1.165) is 23.8 Å². The van der Waals surface area contributed by atoms with Crippen LogP contribution in [-0.4, -0.2) is 60.3 Å². The van der Waals surface area contributed by atoms with E-state index in [1.54, 1.807) is 0 Å². The molecule has 1 aromatic heterocycles. The third kappa shape index (κ3) is 7.16. The topological polar surface area (TPSA) is 65.7 Å². The highest BCUT2D eigenvalue weighted by molar-refractivity contribution is 6.31. The fraction of sp³-hybridized carbons (Fsp3) is 0.375. The zero-order valence-corrected chi connectivity index (χ0v) is 21.1. The van der Waals surface area contributed by atoms with Gasteiger partial charge in [0.05, 0.1) is 17.3 Å². The molecule has 200 valence electrons. The molecular formula is C24H25ClF5N5O2. The van der Waals surface area contributed by atoms with Crippen LogP contribution in [0.15, 0.2) is 40.8 Å². The molecule has 0 unspecified atom stereocenters. The number of anilines is 1. The molecule has 37 heavy (non-hydrogen) atoms. The van der Waals surface area contributed by atoms with E-state index in [4.69, 9.17) is 11.6 Å². The lowest BCUT2D eigenvalue weighted by Gasteiger charge is -2.28. The van der Waals surface area contributed by atoms with Crippen molar-refractivity contribution in [2.45, 2.75) is 25.6 Å². The fourth-order valence-electron chi connectivity index (χ4n) is 3.47. The van der Waals surface area contributed by atoms with E-state index in [2.05, 4.69) is 14.6 Å². The minimum atomic E-state index is -4.83. The van der Waals surface area contributed by atoms with Gasteiger partial charge < -0.3 is 14.2 Å². The molecule has 0 bridgehead atoms. The molecule has 7 nitrogen and oxygen atoms in total. The first kappa shape index (κ1) is 28.3. The van der Waals surface area contributed by atoms with E-state index in [1.165, 1.54) is 35.2 Å². The SMILES string of the molecule is CN(C)C.O=C(N1CCCC1)N(Cc1ccc(-c2nnc(C(F)(F)F)o2)cc1F)c1cccc(Cl)c1F. The molecule has 2 aromatic carbocycles. The van der Waals surface area contributed by atoms with E-state index in [9.17, 15) is 26.7 Å². The highest BCUT2D eigenvalue weighted by atomic mass is 35.5. The number of rotatable bonds is 4. The number of benzene rings is 2. The Morgan fingerprint density at radius 2 is 1.73 bits per heavy atom. The van der Waals surface area contributed by atoms with Crippen molar-refractivity contribution in [1.82, 2.24) is 20.0 Å².